The quantitative estimate of drug-likeness (QED) is 0.250. The van der Waals surface area contributed by atoms with E-state index in [0.717, 1.165) is 22.4 Å². The Labute approximate surface area is 217 Å². The van der Waals surface area contributed by atoms with Crippen molar-refractivity contribution in [3.63, 3.8) is 0 Å². The summed E-state index contributed by atoms with van der Waals surface area (Å²) in [6, 6.07) is 21.1. The summed E-state index contributed by atoms with van der Waals surface area (Å²) in [6.45, 7) is 2.18. The average molecular weight is 523 g/mol. The number of methoxy groups -OCH3 is 1. The number of aryl methyl sites for hydroxylation is 1. The third-order valence-corrected chi connectivity index (χ3v) is 8.41. The Bertz CT molecular complexity index is 1370. The zero-order valence-corrected chi connectivity index (χ0v) is 21.9. The molecule has 5 rings (SSSR count). The summed E-state index contributed by atoms with van der Waals surface area (Å²) in [4.78, 5) is 15.2. The van der Waals surface area contributed by atoms with Gasteiger partial charge in [0.05, 0.1) is 12.0 Å². The Morgan fingerprint density at radius 2 is 1.57 bits per heavy atom. The smallest absolute Gasteiger partial charge is 0.473 e. The van der Waals surface area contributed by atoms with Crippen LogP contribution in [-0.4, -0.2) is 44.3 Å². The number of nitrogens with two attached hydrogens (primary N) is 1. The van der Waals surface area contributed by atoms with Gasteiger partial charge in [0.25, 0.3) is 0 Å². The van der Waals surface area contributed by atoms with E-state index in [4.69, 9.17) is 14.9 Å². The molecule has 8 nitrogen and oxygen atoms in total. The van der Waals surface area contributed by atoms with E-state index in [9.17, 15) is 13.2 Å². The number of ether oxygens (including phenoxy) is 1. The molecule has 1 aliphatic carbocycles. The van der Waals surface area contributed by atoms with E-state index in [-0.39, 0.29) is 11.4 Å². The normalized spacial score (nSPS) is 21.9. The molecule has 3 aromatic rings. The molecule has 0 aromatic heterocycles. The van der Waals surface area contributed by atoms with Crippen LogP contribution in [0.5, 0.6) is 5.75 Å². The van der Waals surface area contributed by atoms with Crippen molar-refractivity contribution in [3.05, 3.63) is 95.1 Å². The Morgan fingerprint density at radius 1 is 0.946 bits per heavy atom. The van der Waals surface area contributed by atoms with Gasteiger partial charge in [-0.05, 0) is 82.1 Å². The summed E-state index contributed by atoms with van der Waals surface area (Å²) in [6.07, 6.45) is 2.96. The summed E-state index contributed by atoms with van der Waals surface area (Å²) in [5.41, 5.74) is 4.11. The van der Waals surface area contributed by atoms with Crippen molar-refractivity contribution >= 4 is 16.1 Å². The molecule has 0 bridgehead atoms. The molecule has 2 N–H and O–H groups in total. The predicted molar refractivity (Wildman–Crippen MR) is 139 cm³/mol. The number of hydrogen-bond donors (Lipinski definition) is 1. The lowest BCUT2D eigenvalue weighted by molar-refractivity contribution is -1.02. The van der Waals surface area contributed by atoms with E-state index in [1.54, 1.807) is 24.1 Å². The molecule has 37 heavy (non-hydrogen) atoms. The Hall–Kier alpha value is -3.24. The number of nitrogens with zero attached hydrogens (tertiary/aromatic N) is 2. The third-order valence-electron chi connectivity index (χ3n) is 7.10. The average Bonchev–Trinajstić information content (AvgIpc) is 3.71. The van der Waals surface area contributed by atoms with Crippen LogP contribution >= 0.6 is 0 Å². The number of benzene rings is 3. The van der Waals surface area contributed by atoms with Crippen molar-refractivity contribution in [3.8, 4) is 5.75 Å². The minimum Gasteiger partial charge on any atom is -0.497 e. The standard InChI is InChI=1S/C28H32N3O5S/c1-20-3-15-26(16-4-20)37(33,34)36-31(29)19-27(24-11-9-23(10-12-24)22-7-8-22)30(28(31)32)18-17-21-5-13-25(35-2)14-6-21/h3-6,9-16,22,27H,7-8,17-19,29H2,1-2H3/q+1. The van der Waals surface area contributed by atoms with Gasteiger partial charge in [-0.1, -0.05) is 54.1 Å². The first-order chi connectivity index (χ1) is 17.7. The summed E-state index contributed by atoms with van der Waals surface area (Å²) in [5, 5.41) is 0. The van der Waals surface area contributed by atoms with E-state index in [1.807, 2.05) is 43.3 Å². The molecular formula is C28H32N3O5S+. The fourth-order valence-electron chi connectivity index (χ4n) is 4.76. The van der Waals surface area contributed by atoms with E-state index in [1.165, 1.54) is 30.5 Å². The van der Waals surface area contributed by atoms with E-state index in [0.29, 0.717) is 18.9 Å². The lowest BCUT2D eigenvalue weighted by Gasteiger charge is -2.21. The molecule has 1 heterocycles. The van der Waals surface area contributed by atoms with Gasteiger partial charge in [-0.3, -0.25) is 4.90 Å². The van der Waals surface area contributed by atoms with Crippen molar-refractivity contribution < 1.29 is 27.0 Å². The van der Waals surface area contributed by atoms with Crippen molar-refractivity contribution in [1.82, 2.24) is 4.90 Å². The van der Waals surface area contributed by atoms with Gasteiger partial charge in [0.15, 0.2) is 6.54 Å². The lowest BCUT2D eigenvalue weighted by Crippen LogP contribution is -2.57. The molecule has 1 saturated carbocycles. The molecule has 1 saturated heterocycles. The van der Waals surface area contributed by atoms with Gasteiger partial charge in [0.2, 0.25) is 0 Å². The summed E-state index contributed by atoms with van der Waals surface area (Å²) >= 11 is 0. The molecule has 2 unspecified atom stereocenters. The highest BCUT2D eigenvalue weighted by Crippen LogP contribution is 2.41. The first kappa shape index (κ1) is 25.4. The molecule has 0 radical (unpaired) electrons. The van der Waals surface area contributed by atoms with Gasteiger partial charge in [-0.2, -0.15) is 8.42 Å². The second kappa shape index (κ2) is 9.90. The SMILES string of the molecule is COc1ccc(CCN2C(=O)[N+](N)(OS(=O)(=O)c3ccc(C)cc3)CC2c2ccc(C3CC3)cc2)cc1. The van der Waals surface area contributed by atoms with Crippen LogP contribution in [0.15, 0.2) is 77.7 Å². The van der Waals surface area contributed by atoms with Crippen molar-refractivity contribution in [1.29, 1.82) is 0 Å². The number of urea groups is 1. The zero-order chi connectivity index (χ0) is 26.2. The largest absolute Gasteiger partial charge is 0.497 e. The number of hydrogen-bond acceptors (Lipinski definition) is 6. The van der Waals surface area contributed by atoms with E-state index >= 15 is 0 Å². The zero-order valence-electron chi connectivity index (χ0n) is 21.0. The lowest BCUT2D eigenvalue weighted by atomic mass is 10.0. The highest BCUT2D eigenvalue weighted by Gasteiger charge is 2.56. The molecule has 0 spiro atoms. The van der Waals surface area contributed by atoms with Gasteiger partial charge >= 0.3 is 16.1 Å². The van der Waals surface area contributed by atoms with E-state index in [2.05, 4.69) is 12.1 Å². The van der Waals surface area contributed by atoms with Crippen LogP contribution < -0.4 is 10.6 Å². The second-order valence-electron chi connectivity index (χ2n) is 9.85. The topological polar surface area (TPSA) is 98.9 Å². The maximum atomic E-state index is 13.6. The van der Waals surface area contributed by atoms with Gasteiger partial charge in [0, 0.05) is 6.54 Å². The highest BCUT2D eigenvalue weighted by atomic mass is 32.2. The molecular weight excluding hydrogens is 490 g/mol. The number of carbonyl (C=O) groups is 1. The van der Waals surface area contributed by atoms with Crippen LogP contribution in [0.2, 0.25) is 0 Å². The van der Waals surface area contributed by atoms with Crippen LogP contribution in [0, 0.1) is 6.92 Å². The molecule has 2 atom stereocenters. The van der Waals surface area contributed by atoms with Crippen LogP contribution in [0.3, 0.4) is 0 Å². The molecule has 9 heteroatoms. The van der Waals surface area contributed by atoms with Crippen LogP contribution in [-0.2, 0) is 20.8 Å². The predicted octanol–water partition coefficient (Wildman–Crippen LogP) is 4.61. The van der Waals surface area contributed by atoms with Gasteiger partial charge in [-0.25, -0.2) is 4.79 Å². The van der Waals surface area contributed by atoms with Gasteiger partial charge in [0.1, 0.15) is 11.8 Å². The molecule has 3 aromatic carbocycles. The second-order valence-corrected chi connectivity index (χ2v) is 11.4. The fraction of sp³-hybridized carbons (Fsp3) is 0.321. The number of hydroxylamine groups is 2. The monoisotopic (exact) mass is 522 g/mol. The number of amides is 2. The Balaban J connectivity index is 1.41. The van der Waals surface area contributed by atoms with E-state index < -0.39 is 26.9 Å². The Kier molecular flexibility index (Phi) is 6.80. The maximum absolute atomic E-state index is 13.6. The molecule has 2 amide bonds. The van der Waals surface area contributed by atoms with Crippen LogP contribution in [0.25, 0.3) is 0 Å². The summed E-state index contributed by atoms with van der Waals surface area (Å²) in [7, 11) is -2.67. The minimum absolute atomic E-state index is 0.0324. The van der Waals surface area contributed by atoms with Gasteiger partial charge < -0.3 is 4.74 Å². The van der Waals surface area contributed by atoms with Crippen molar-refractivity contribution in [2.75, 3.05) is 20.2 Å². The summed E-state index contributed by atoms with van der Waals surface area (Å²) < 4.78 is 35.6. The highest BCUT2D eigenvalue weighted by molar-refractivity contribution is 7.86. The number of quaternary nitrogens is 1. The number of rotatable bonds is 9. The number of carbonyl (C=O) groups excluding carboxylic acids is 1. The first-order valence-corrected chi connectivity index (χ1v) is 13.8. The van der Waals surface area contributed by atoms with Gasteiger partial charge in [-0.15, -0.1) is 5.84 Å². The first-order valence-electron chi connectivity index (χ1n) is 12.4. The molecule has 1 aliphatic heterocycles. The fourth-order valence-corrected chi connectivity index (χ4v) is 5.79. The Morgan fingerprint density at radius 3 is 2.16 bits per heavy atom. The third kappa shape index (κ3) is 5.40. The van der Waals surface area contributed by atoms with Crippen LogP contribution in [0.1, 0.15) is 47.1 Å². The summed E-state index contributed by atoms with van der Waals surface area (Å²) in [5.74, 6) is 7.76. The molecule has 194 valence electrons. The van der Waals surface area contributed by atoms with Crippen LogP contribution in [0.4, 0.5) is 4.79 Å². The maximum Gasteiger partial charge on any atom is 0.473 e. The minimum atomic E-state index is -4.28. The van der Waals surface area contributed by atoms with Crippen molar-refractivity contribution in [2.45, 2.75) is 43.0 Å². The molecule has 2 aliphatic rings. The van der Waals surface area contributed by atoms with Crippen molar-refractivity contribution in [2.24, 2.45) is 5.84 Å². The molecule has 2 fully saturated rings.